The highest BCUT2D eigenvalue weighted by molar-refractivity contribution is 8.00. The van der Waals surface area contributed by atoms with Crippen LogP contribution in [0.25, 0.3) is 0 Å². The van der Waals surface area contributed by atoms with Crippen LogP contribution in [0.3, 0.4) is 0 Å². The molecule has 2 heterocycles. The molecule has 2 aliphatic rings. The maximum absolute atomic E-state index is 14.5. The Labute approximate surface area is 263 Å². The van der Waals surface area contributed by atoms with Crippen LogP contribution in [0.15, 0.2) is 59.5 Å². The molecule has 1 saturated heterocycles. The van der Waals surface area contributed by atoms with Gasteiger partial charge >= 0.3 is 5.97 Å². The second-order valence-corrected chi connectivity index (χ2v) is 12.5. The van der Waals surface area contributed by atoms with Crippen molar-refractivity contribution in [1.82, 2.24) is 4.90 Å². The largest absolute Gasteiger partial charge is 0.489 e. The molecule has 2 amide bonds. The van der Waals surface area contributed by atoms with Gasteiger partial charge in [0.25, 0.3) is 5.91 Å². The summed E-state index contributed by atoms with van der Waals surface area (Å²) in [6, 6.07) is 16.3. The molecule has 0 aromatic heterocycles. The first-order valence-corrected chi connectivity index (χ1v) is 15.4. The van der Waals surface area contributed by atoms with E-state index in [2.05, 4.69) is 0 Å². The standard InChI is InChI=1S/C32H30ClFN4O5S/c33-24-14-20(5-8-29(24)44-21-10-12-37(13-11-21)26-6-4-19(16-35)15-25(26)34)18-43-28-3-1-2-22-23(28)17-38(32(22)42)27(31(36)41)7-9-30(39)40/h1-6,8,14-15,21,27H,7,9-13,17-18H2,(H2,36,41)(H,39,40). The third-order valence-electron chi connectivity index (χ3n) is 7.83. The first kappa shape index (κ1) is 31.2. The summed E-state index contributed by atoms with van der Waals surface area (Å²) >= 11 is 8.35. The van der Waals surface area contributed by atoms with Crippen LogP contribution in [0.2, 0.25) is 5.02 Å². The molecule has 44 heavy (non-hydrogen) atoms. The number of carbonyl (C=O) groups excluding carboxylic acids is 2. The predicted molar refractivity (Wildman–Crippen MR) is 164 cm³/mol. The number of carbonyl (C=O) groups is 3. The van der Waals surface area contributed by atoms with Crippen molar-refractivity contribution in [3.63, 3.8) is 0 Å². The normalized spacial score (nSPS) is 15.5. The quantitative estimate of drug-likeness (QED) is 0.287. The lowest BCUT2D eigenvalue weighted by Crippen LogP contribution is -2.45. The van der Waals surface area contributed by atoms with Crippen molar-refractivity contribution in [3.05, 3.63) is 87.7 Å². The summed E-state index contributed by atoms with van der Waals surface area (Å²) in [5.74, 6) is -2.12. The number of fused-ring (bicyclic) bond motifs is 1. The molecule has 0 radical (unpaired) electrons. The number of thioether (sulfide) groups is 1. The van der Waals surface area contributed by atoms with Crippen LogP contribution in [0.5, 0.6) is 5.75 Å². The van der Waals surface area contributed by atoms with Crippen LogP contribution < -0.4 is 15.4 Å². The molecule has 3 N–H and O–H groups in total. The zero-order valence-electron chi connectivity index (χ0n) is 23.7. The molecule has 228 valence electrons. The summed E-state index contributed by atoms with van der Waals surface area (Å²) in [4.78, 5) is 40.4. The van der Waals surface area contributed by atoms with Gasteiger partial charge in [-0.1, -0.05) is 23.7 Å². The lowest BCUT2D eigenvalue weighted by atomic mass is 10.1. The molecule has 2 aliphatic heterocycles. The molecule has 12 heteroatoms. The van der Waals surface area contributed by atoms with Crippen molar-refractivity contribution in [3.8, 4) is 11.8 Å². The minimum atomic E-state index is -1.07. The number of nitrogens with two attached hydrogens (primary N) is 1. The number of halogens is 2. The minimum absolute atomic E-state index is 0.0712. The van der Waals surface area contributed by atoms with Crippen LogP contribution in [0.1, 0.15) is 52.7 Å². The molecule has 3 aromatic carbocycles. The van der Waals surface area contributed by atoms with Crippen molar-refractivity contribution in [1.29, 1.82) is 5.26 Å². The molecule has 1 unspecified atom stereocenters. The Morgan fingerprint density at radius 1 is 1.18 bits per heavy atom. The number of primary amides is 1. The Balaban J connectivity index is 1.18. The smallest absolute Gasteiger partial charge is 0.303 e. The number of hydrogen-bond donors (Lipinski definition) is 2. The van der Waals surface area contributed by atoms with E-state index in [1.807, 2.05) is 29.2 Å². The number of aliphatic carboxylic acids is 1. The van der Waals surface area contributed by atoms with Gasteiger partial charge in [-0.25, -0.2) is 4.39 Å². The molecule has 0 spiro atoms. The third-order valence-corrected chi connectivity index (χ3v) is 9.67. The Morgan fingerprint density at radius 3 is 2.61 bits per heavy atom. The van der Waals surface area contributed by atoms with E-state index < -0.39 is 23.8 Å². The van der Waals surface area contributed by atoms with E-state index in [9.17, 15) is 18.8 Å². The number of nitriles is 1. The summed E-state index contributed by atoms with van der Waals surface area (Å²) in [5, 5.41) is 18.9. The SMILES string of the molecule is N#Cc1ccc(N2CCC(Sc3ccc(COc4cccc5c4CN(C(CCC(=O)O)C(N)=O)C5=O)cc3Cl)CC2)c(F)c1. The molecule has 9 nitrogen and oxygen atoms in total. The molecule has 1 fully saturated rings. The second kappa shape index (κ2) is 13.6. The molecule has 3 aromatic rings. The number of carboxylic acid groups (broad SMARTS) is 1. The van der Waals surface area contributed by atoms with Gasteiger partial charge in [-0.05, 0) is 67.3 Å². The summed E-state index contributed by atoms with van der Waals surface area (Å²) in [5.41, 5.74) is 8.17. The summed E-state index contributed by atoms with van der Waals surface area (Å²) in [6.07, 6.45) is 1.35. The monoisotopic (exact) mass is 636 g/mol. The molecule has 0 saturated carbocycles. The number of piperidine rings is 1. The van der Waals surface area contributed by atoms with Gasteiger partial charge in [-0.2, -0.15) is 5.26 Å². The van der Waals surface area contributed by atoms with Gasteiger partial charge < -0.3 is 25.4 Å². The lowest BCUT2D eigenvalue weighted by Gasteiger charge is -2.33. The summed E-state index contributed by atoms with van der Waals surface area (Å²) in [7, 11) is 0. The minimum Gasteiger partial charge on any atom is -0.489 e. The van der Waals surface area contributed by atoms with Gasteiger partial charge in [0.15, 0.2) is 0 Å². The van der Waals surface area contributed by atoms with Crippen molar-refractivity contribution >= 4 is 46.8 Å². The van der Waals surface area contributed by atoms with E-state index in [-0.39, 0.29) is 31.8 Å². The van der Waals surface area contributed by atoms with Crippen LogP contribution in [-0.2, 0) is 22.7 Å². The Morgan fingerprint density at radius 2 is 1.95 bits per heavy atom. The first-order chi connectivity index (χ1) is 21.1. The van der Waals surface area contributed by atoms with Crippen molar-refractivity contribution in [2.24, 2.45) is 5.73 Å². The van der Waals surface area contributed by atoms with Crippen LogP contribution >= 0.6 is 23.4 Å². The van der Waals surface area contributed by atoms with Gasteiger partial charge in [0, 0.05) is 40.8 Å². The highest BCUT2D eigenvalue weighted by atomic mass is 35.5. The lowest BCUT2D eigenvalue weighted by molar-refractivity contribution is -0.137. The number of rotatable bonds is 11. The summed E-state index contributed by atoms with van der Waals surface area (Å²) < 4.78 is 20.5. The zero-order valence-corrected chi connectivity index (χ0v) is 25.2. The second-order valence-electron chi connectivity index (χ2n) is 10.7. The van der Waals surface area contributed by atoms with E-state index in [1.54, 1.807) is 42.1 Å². The Bertz CT molecular complexity index is 1640. The van der Waals surface area contributed by atoms with Crippen LogP contribution in [-0.4, -0.2) is 52.2 Å². The highest BCUT2D eigenvalue weighted by Gasteiger charge is 2.37. The number of nitrogens with zero attached hydrogens (tertiary/aromatic N) is 3. The number of benzene rings is 3. The Hall–Kier alpha value is -4.27. The van der Waals surface area contributed by atoms with E-state index in [4.69, 9.17) is 32.4 Å². The average molecular weight is 637 g/mol. The van der Waals surface area contributed by atoms with E-state index >= 15 is 0 Å². The fraction of sp³-hybridized carbons (Fsp3) is 0.312. The van der Waals surface area contributed by atoms with Gasteiger partial charge in [0.2, 0.25) is 5.91 Å². The number of carboxylic acids is 1. The number of ether oxygens (including phenoxy) is 1. The maximum Gasteiger partial charge on any atom is 0.303 e. The number of amides is 2. The molecule has 0 aliphatic carbocycles. The van der Waals surface area contributed by atoms with E-state index in [0.29, 0.717) is 51.5 Å². The number of anilines is 1. The molecular weight excluding hydrogens is 607 g/mol. The molecular formula is C32H30ClFN4O5S. The van der Waals surface area contributed by atoms with Crippen molar-refractivity contribution < 1.29 is 28.6 Å². The third kappa shape index (κ3) is 6.93. The fourth-order valence-electron chi connectivity index (χ4n) is 5.54. The van der Waals surface area contributed by atoms with Gasteiger partial charge in [0.05, 0.1) is 28.9 Å². The zero-order chi connectivity index (χ0) is 31.4. The first-order valence-electron chi connectivity index (χ1n) is 14.1. The highest BCUT2D eigenvalue weighted by Crippen LogP contribution is 2.37. The van der Waals surface area contributed by atoms with Crippen molar-refractivity contribution in [2.45, 2.75) is 55.0 Å². The van der Waals surface area contributed by atoms with Gasteiger partial charge in [0.1, 0.15) is 24.2 Å². The fourth-order valence-corrected chi connectivity index (χ4v) is 7.00. The molecule has 1 atom stereocenters. The number of hydrogen-bond acceptors (Lipinski definition) is 7. The average Bonchev–Trinajstić information content (AvgIpc) is 3.33. The van der Waals surface area contributed by atoms with Gasteiger partial charge in [-0.3, -0.25) is 14.4 Å². The molecule has 0 bridgehead atoms. The maximum atomic E-state index is 14.5. The predicted octanol–water partition coefficient (Wildman–Crippen LogP) is 5.37. The Kier molecular flexibility index (Phi) is 9.61. The van der Waals surface area contributed by atoms with Gasteiger partial charge in [-0.15, -0.1) is 11.8 Å². The summed E-state index contributed by atoms with van der Waals surface area (Å²) in [6.45, 7) is 1.68. The van der Waals surface area contributed by atoms with E-state index in [0.717, 1.165) is 23.3 Å². The van der Waals surface area contributed by atoms with Crippen LogP contribution in [0, 0.1) is 17.1 Å². The topological polar surface area (TPSA) is 137 Å². The van der Waals surface area contributed by atoms with E-state index in [1.165, 1.54) is 11.0 Å². The molecule has 5 rings (SSSR count). The van der Waals surface area contributed by atoms with Crippen LogP contribution in [0.4, 0.5) is 10.1 Å². The van der Waals surface area contributed by atoms with Crippen molar-refractivity contribution in [2.75, 3.05) is 18.0 Å².